The lowest BCUT2D eigenvalue weighted by Gasteiger charge is -2.12. The number of nitrogens with zero attached hydrogens (tertiary/aromatic N) is 1. The van der Waals surface area contributed by atoms with Crippen molar-refractivity contribution in [2.75, 3.05) is 5.75 Å². The van der Waals surface area contributed by atoms with Gasteiger partial charge in [0.1, 0.15) is 5.15 Å². The fourth-order valence-corrected chi connectivity index (χ4v) is 4.82. The summed E-state index contributed by atoms with van der Waals surface area (Å²) in [6, 6.07) is 10.6. The molecule has 3 rings (SSSR count). The highest BCUT2D eigenvalue weighted by atomic mass is 35.5. The van der Waals surface area contributed by atoms with Crippen LogP contribution in [0.4, 0.5) is 0 Å². The summed E-state index contributed by atoms with van der Waals surface area (Å²) in [5.41, 5.74) is 1.34. The van der Waals surface area contributed by atoms with Crippen LogP contribution in [0.15, 0.2) is 47.5 Å². The van der Waals surface area contributed by atoms with Crippen LogP contribution < -0.4 is 4.72 Å². The van der Waals surface area contributed by atoms with E-state index in [0.29, 0.717) is 11.3 Å². The van der Waals surface area contributed by atoms with Gasteiger partial charge in [-0.15, -0.1) is 11.8 Å². The zero-order chi connectivity index (χ0) is 16.4. The van der Waals surface area contributed by atoms with E-state index in [4.69, 9.17) is 11.6 Å². The molecular weight excluding hydrogens is 356 g/mol. The van der Waals surface area contributed by atoms with Crippen molar-refractivity contribution >= 4 is 39.3 Å². The molecular formula is C15H13ClN2O3S2. The number of amides is 1. The highest BCUT2D eigenvalue weighted by Crippen LogP contribution is 2.39. The minimum atomic E-state index is -3.78. The van der Waals surface area contributed by atoms with Crippen LogP contribution in [0.2, 0.25) is 5.15 Å². The monoisotopic (exact) mass is 368 g/mol. The van der Waals surface area contributed by atoms with Crippen LogP contribution in [0.1, 0.15) is 17.0 Å². The third kappa shape index (κ3) is 3.85. The fourth-order valence-electron chi connectivity index (χ4n) is 2.35. The summed E-state index contributed by atoms with van der Waals surface area (Å²) in [4.78, 5) is 17.2. The van der Waals surface area contributed by atoms with Crippen LogP contribution in [0.5, 0.6) is 0 Å². The molecule has 1 atom stereocenters. The lowest BCUT2D eigenvalue weighted by atomic mass is 10.0. The first-order valence-electron chi connectivity index (χ1n) is 6.81. The molecule has 2 aromatic rings. The second kappa shape index (κ2) is 6.51. The van der Waals surface area contributed by atoms with Gasteiger partial charge in [0.2, 0.25) is 15.9 Å². The third-order valence-electron chi connectivity index (χ3n) is 3.42. The highest BCUT2D eigenvalue weighted by molar-refractivity contribution is 7.99. The van der Waals surface area contributed by atoms with Gasteiger partial charge in [-0.05, 0) is 23.3 Å². The van der Waals surface area contributed by atoms with E-state index >= 15 is 0 Å². The Labute approximate surface area is 143 Å². The van der Waals surface area contributed by atoms with Crippen molar-refractivity contribution in [3.05, 3.63) is 58.9 Å². The Hall–Kier alpha value is -1.57. The minimum absolute atomic E-state index is 0.287. The van der Waals surface area contributed by atoms with Gasteiger partial charge in [-0.25, -0.2) is 13.4 Å². The number of nitrogens with one attached hydrogen (secondary N) is 1. The van der Waals surface area contributed by atoms with Crippen molar-refractivity contribution < 1.29 is 13.2 Å². The molecule has 1 aliphatic rings. The van der Waals surface area contributed by atoms with E-state index in [2.05, 4.69) is 9.71 Å². The van der Waals surface area contributed by atoms with E-state index < -0.39 is 21.8 Å². The predicted molar refractivity (Wildman–Crippen MR) is 89.9 cm³/mol. The number of carbonyl (C=O) groups excluding carboxylic acids is 1. The largest absolute Gasteiger partial charge is 0.273 e. The number of carbonyl (C=O) groups is 1. The second-order valence-corrected chi connectivity index (χ2v) is 8.29. The molecule has 1 aromatic heterocycles. The van der Waals surface area contributed by atoms with Gasteiger partial charge in [0, 0.05) is 16.8 Å². The standard InChI is InChI=1S/C15H13ClN2O3S2/c16-14-6-5-10(7-17-14)9-23(20,21)18-15(19)12-8-22-13-4-2-1-3-11(12)13/h1-7,12H,8-9H2,(H,18,19)/t12-/m1/s1. The number of halogens is 1. The van der Waals surface area contributed by atoms with Crippen LogP contribution in [0.25, 0.3) is 0 Å². The van der Waals surface area contributed by atoms with Gasteiger partial charge in [-0.1, -0.05) is 35.9 Å². The van der Waals surface area contributed by atoms with Crippen molar-refractivity contribution in [3.8, 4) is 0 Å². The van der Waals surface area contributed by atoms with Gasteiger partial charge in [-0.2, -0.15) is 0 Å². The fraction of sp³-hybridized carbons (Fsp3) is 0.200. The smallest absolute Gasteiger partial charge is 0.241 e. The topological polar surface area (TPSA) is 76.1 Å². The molecule has 1 N–H and O–H groups in total. The van der Waals surface area contributed by atoms with E-state index in [1.165, 1.54) is 12.3 Å². The Morgan fingerprint density at radius 1 is 1.30 bits per heavy atom. The van der Waals surface area contributed by atoms with Crippen molar-refractivity contribution in [2.24, 2.45) is 0 Å². The van der Waals surface area contributed by atoms with Crippen molar-refractivity contribution in [1.82, 2.24) is 9.71 Å². The van der Waals surface area contributed by atoms with E-state index in [-0.39, 0.29) is 10.9 Å². The highest BCUT2D eigenvalue weighted by Gasteiger charge is 2.31. The molecule has 1 aliphatic heterocycles. The number of aromatic nitrogens is 1. The van der Waals surface area contributed by atoms with Crippen LogP contribution in [0, 0.1) is 0 Å². The maximum Gasteiger partial charge on any atom is 0.241 e. The average molecular weight is 369 g/mol. The molecule has 23 heavy (non-hydrogen) atoms. The molecule has 0 bridgehead atoms. The summed E-state index contributed by atoms with van der Waals surface area (Å²) in [5.74, 6) is -0.716. The number of hydrogen-bond acceptors (Lipinski definition) is 5. The maximum atomic E-state index is 12.3. The summed E-state index contributed by atoms with van der Waals surface area (Å²) in [6.07, 6.45) is 1.38. The molecule has 5 nitrogen and oxygen atoms in total. The number of sulfonamides is 1. The molecule has 8 heteroatoms. The summed E-state index contributed by atoms with van der Waals surface area (Å²) in [7, 11) is -3.78. The lowest BCUT2D eigenvalue weighted by Crippen LogP contribution is -2.35. The molecule has 0 saturated carbocycles. The first kappa shape index (κ1) is 16.3. The Balaban J connectivity index is 1.71. The number of pyridine rings is 1. The normalized spacial score (nSPS) is 16.8. The summed E-state index contributed by atoms with van der Waals surface area (Å²) < 4.78 is 26.5. The molecule has 1 amide bonds. The van der Waals surface area contributed by atoms with Gasteiger partial charge in [0.15, 0.2) is 0 Å². The summed E-state index contributed by atoms with van der Waals surface area (Å²) >= 11 is 7.22. The van der Waals surface area contributed by atoms with Gasteiger partial charge < -0.3 is 0 Å². The number of rotatable bonds is 4. The summed E-state index contributed by atoms with van der Waals surface area (Å²) in [6.45, 7) is 0. The number of thioether (sulfide) groups is 1. The molecule has 0 unspecified atom stereocenters. The van der Waals surface area contributed by atoms with E-state index in [1.54, 1.807) is 17.8 Å². The molecule has 1 aromatic carbocycles. The van der Waals surface area contributed by atoms with Gasteiger partial charge in [0.05, 0.1) is 11.7 Å². The van der Waals surface area contributed by atoms with Crippen LogP contribution >= 0.6 is 23.4 Å². The molecule has 120 valence electrons. The van der Waals surface area contributed by atoms with Crippen molar-refractivity contribution in [3.63, 3.8) is 0 Å². The van der Waals surface area contributed by atoms with Gasteiger partial charge in [0.25, 0.3) is 0 Å². The third-order valence-corrected chi connectivity index (χ3v) is 6.05. The number of fused-ring (bicyclic) bond motifs is 1. The van der Waals surface area contributed by atoms with Crippen LogP contribution in [-0.4, -0.2) is 25.1 Å². The predicted octanol–water partition coefficient (Wildman–Crippen LogP) is 2.57. The zero-order valence-corrected chi connectivity index (χ0v) is 14.3. The van der Waals surface area contributed by atoms with E-state index in [1.807, 2.05) is 24.3 Å². The molecule has 0 aliphatic carbocycles. The molecule has 0 saturated heterocycles. The first-order chi connectivity index (χ1) is 10.9. The van der Waals surface area contributed by atoms with E-state index in [9.17, 15) is 13.2 Å². The quantitative estimate of drug-likeness (QED) is 0.839. The number of hydrogen-bond donors (Lipinski definition) is 1. The van der Waals surface area contributed by atoms with Crippen molar-refractivity contribution in [2.45, 2.75) is 16.6 Å². The Bertz CT molecular complexity index is 838. The summed E-state index contributed by atoms with van der Waals surface area (Å²) in [5, 5.41) is 0.287. The molecule has 0 fully saturated rings. The average Bonchev–Trinajstić information content (AvgIpc) is 2.93. The van der Waals surface area contributed by atoms with Gasteiger partial charge >= 0.3 is 0 Å². The van der Waals surface area contributed by atoms with Crippen molar-refractivity contribution in [1.29, 1.82) is 0 Å². The minimum Gasteiger partial charge on any atom is -0.273 e. The SMILES string of the molecule is O=C(NS(=O)(=O)Cc1ccc(Cl)nc1)[C@@H]1CSc2ccccc21. The van der Waals surface area contributed by atoms with Gasteiger partial charge in [-0.3, -0.25) is 9.52 Å². The maximum absolute atomic E-state index is 12.3. The Kier molecular flexibility index (Phi) is 4.61. The second-order valence-electron chi connectivity index (χ2n) is 5.12. The Morgan fingerprint density at radius 2 is 2.09 bits per heavy atom. The molecule has 2 heterocycles. The molecule has 0 radical (unpaired) electrons. The van der Waals surface area contributed by atoms with Crippen LogP contribution in [-0.2, 0) is 20.6 Å². The zero-order valence-electron chi connectivity index (χ0n) is 11.9. The first-order valence-corrected chi connectivity index (χ1v) is 9.83. The number of benzene rings is 1. The van der Waals surface area contributed by atoms with E-state index in [0.717, 1.165) is 10.5 Å². The lowest BCUT2D eigenvalue weighted by molar-refractivity contribution is -0.120. The molecule has 0 spiro atoms. The Morgan fingerprint density at radius 3 is 2.83 bits per heavy atom. The van der Waals surface area contributed by atoms with Crippen LogP contribution in [0.3, 0.4) is 0 Å².